The van der Waals surface area contributed by atoms with E-state index in [0.717, 1.165) is 25.7 Å². The summed E-state index contributed by atoms with van der Waals surface area (Å²) >= 11 is 35.0. The van der Waals surface area contributed by atoms with Gasteiger partial charge in [0.1, 0.15) is 0 Å². The van der Waals surface area contributed by atoms with Gasteiger partial charge in [-0.1, -0.05) is 0 Å². The first-order chi connectivity index (χ1) is 12.9. The molecule has 1 aliphatic heterocycles. The fraction of sp³-hybridized carbons (Fsp3) is 0.765. The third-order valence-electron chi connectivity index (χ3n) is 5.84. The maximum atomic E-state index is 13.3. The second-order valence-corrected chi connectivity index (χ2v) is 20.0. The van der Waals surface area contributed by atoms with Gasteiger partial charge in [-0.25, -0.2) is 0 Å². The SMILES string of the molecule is CCC[CH2][Sn]1([CH2]CCC)[O]C(=O)C2C(C(=O)[O]1)C1(Cl)C(Cl)=C(Cl)C2(Cl)C1(Cl)Cl. The topological polar surface area (TPSA) is 52.6 Å². The Morgan fingerprint density at radius 2 is 1.18 bits per heavy atom. The molecule has 2 aliphatic carbocycles. The van der Waals surface area contributed by atoms with Crippen LogP contribution in [-0.4, -0.2) is 45.2 Å². The van der Waals surface area contributed by atoms with Crippen molar-refractivity contribution in [2.24, 2.45) is 11.8 Å². The molecule has 0 aromatic heterocycles. The molecule has 3 rings (SSSR count). The summed E-state index contributed by atoms with van der Waals surface area (Å²) in [7, 11) is 0. The van der Waals surface area contributed by atoms with E-state index >= 15 is 0 Å². The molecule has 2 fully saturated rings. The monoisotopic (exact) mass is 618 g/mol. The van der Waals surface area contributed by atoms with Crippen LogP contribution >= 0.6 is 69.6 Å². The van der Waals surface area contributed by atoms with E-state index in [1.807, 2.05) is 13.8 Å². The van der Waals surface area contributed by atoms with Gasteiger partial charge in [0.05, 0.1) is 0 Å². The van der Waals surface area contributed by atoms with Gasteiger partial charge >= 0.3 is 201 Å². The zero-order chi connectivity index (χ0) is 21.1. The van der Waals surface area contributed by atoms with Gasteiger partial charge in [0.25, 0.3) is 0 Å². The van der Waals surface area contributed by atoms with Crippen LogP contribution in [0.4, 0.5) is 0 Å². The van der Waals surface area contributed by atoms with E-state index in [0.29, 0.717) is 8.87 Å². The number of halogens is 6. The van der Waals surface area contributed by atoms with Crippen LogP contribution in [0.5, 0.6) is 0 Å². The quantitative estimate of drug-likeness (QED) is 0.262. The number of carbonyl (C=O) groups is 2. The molecule has 0 N–H and O–H groups in total. The van der Waals surface area contributed by atoms with Crippen LogP contribution in [0.25, 0.3) is 0 Å². The van der Waals surface area contributed by atoms with E-state index in [9.17, 15) is 9.59 Å². The summed E-state index contributed by atoms with van der Waals surface area (Å²) in [4.78, 5) is 22.8. The summed E-state index contributed by atoms with van der Waals surface area (Å²) < 4.78 is 11.1. The van der Waals surface area contributed by atoms with Crippen molar-refractivity contribution >= 4 is 101 Å². The molecular formula is C17H20Cl6O4Sn. The predicted molar refractivity (Wildman–Crippen MR) is 115 cm³/mol. The number of hydrogen-bond donors (Lipinski definition) is 0. The fourth-order valence-electron chi connectivity index (χ4n) is 4.32. The third kappa shape index (κ3) is 2.98. The molecule has 0 amide bonds. The number of hydrogen-bond acceptors (Lipinski definition) is 4. The van der Waals surface area contributed by atoms with Gasteiger partial charge in [0.15, 0.2) is 0 Å². The molecule has 28 heavy (non-hydrogen) atoms. The Labute approximate surface area is 199 Å². The molecule has 11 heteroatoms. The normalized spacial score (nSPS) is 38.1. The van der Waals surface area contributed by atoms with E-state index in [-0.39, 0.29) is 10.1 Å². The minimum atomic E-state index is -4.07. The number of rotatable bonds is 6. The van der Waals surface area contributed by atoms with E-state index in [1.165, 1.54) is 0 Å². The molecule has 1 heterocycles. The molecule has 2 bridgehead atoms. The Balaban J connectivity index is 2.10. The van der Waals surface area contributed by atoms with Crippen molar-refractivity contribution in [3.63, 3.8) is 0 Å². The van der Waals surface area contributed by atoms with Crippen molar-refractivity contribution in [1.82, 2.24) is 0 Å². The molecule has 158 valence electrons. The van der Waals surface area contributed by atoms with Crippen molar-refractivity contribution in [2.45, 2.75) is 62.5 Å². The van der Waals surface area contributed by atoms with Crippen molar-refractivity contribution in [3.05, 3.63) is 10.1 Å². The number of alkyl halides is 4. The Morgan fingerprint density at radius 1 is 0.821 bits per heavy atom. The first-order valence-electron chi connectivity index (χ1n) is 9.22. The van der Waals surface area contributed by atoms with Gasteiger partial charge in [0.2, 0.25) is 0 Å². The first-order valence-corrected chi connectivity index (χ1v) is 17.9. The molecular weight excluding hydrogens is 600 g/mol. The van der Waals surface area contributed by atoms with Crippen molar-refractivity contribution in [3.8, 4) is 0 Å². The summed E-state index contributed by atoms with van der Waals surface area (Å²) in [5.41, 5.74) is 0. The van der Waals surface area contributed by atoms with Crippen molar-refractivity contribution in [1.29, 1.82) is 0 Å². The second-order valence-electron chi connectivity index (χ2n) is 7.54. The number of carbonyl (C=O) groups excluding carboxylic acids is 2. The van der Waals surface area contributed by atoms with Crippen LogP contribution in [0.2, 0.25) is 8.87 Å². The van der Waals surface area contributed by atoms with Gasteiger partial charge in [0, 0.05) is 0 Å². The molecule has 4 nitrogen and oxygen atoms in total. The van der Waals surface area contributed by atoms with E-state index < -0.39 is 57.1 Å². The van der Waals surface area contributed by atoms with Gasteiger partial charge < -0.3 is 0 Å². The van der Waals surface area contributed by atoms with Crippen molar-refractivity contribution in [2.75, 3.05) is 0 Å². The zero-order valence-corrected chi connectivity index (χ0v) is 22.7. The van der Waals surface area contributed by atoms with Crippen molar-refractivity contribution < 1.29 is 15.7 Å². The Kier molecular flexibility index (Phi) is 6.79. The molecule has 0 aromatic rings. The molecule has 0 radical (unpaired) electrons. The maximum absolute atomic E-state index is 13.3. The molecule has 3 aliphatic rings. The van der Waals surface area contributed by atoms with E-state index in [2.05, 4.69) is 0 Å². The summed E-state index contributed by atoms with van der Waals surface area (Å²) in [5, 5.41) is -0.265. The summed E-state index contributed by atoms with van der Waals surface area (Å²) in [6.45, 7) is 4.05. The molecule has 1 saturated carbocycles. The molecule has 0 spiro atoms. The first kappa shape index (κ1) is 23.9. The second kappa shape index (κ2) is 7.97. The van der Waals surface area contributed by atoms with Crippen LogP contribution < -0.4 is 0 Å². The number of unbranched alkanes of at least 4 members (excludes halogenated alkanes) is 2. The average Bonchev–Trinajstić information content (AvgIpc) is 2.77. The number of allylic oxidation sites excluding steroid dienone is 2. The Hall–Kier alpha value is 1.22. The summed E-state index contributed by atoms with van der Waals surface area (Å²) in [6, 6.07) is 0. The van der Waals surface area contributed by atoms with Gasteiger partial charge in [-0.15, -0.1) is 0 Å². The Morgan fingerprint density at radius 3 is 1.50 bits per heavy atom. The van der Waals surface area contributed by atoms with E-state index in [1.54, 1.807) is 0 Å². The van der Waals surface area contributed by atoms with Gasteiger partial charge in [-0.2, -0.15) is 0 Å². The fourth-order valence-corrected chi connectivity index (χ4v) is 17.1. The molecule has 0 aromatic carbocycles. The minimum absolute atomic E-state index is 0.133. The van der Waals surface area contributed by atoms with Gasteiger partial charge in [-0.05, 0) is 0 Å². The van der Waals surface area contributed by atoms with E-state index in [4.69, 9.17) is 75.8 Å². The predicted octanol–water partition coefficient (Wildman–Crippen LogP) is 6.21. The molecule has 4 unspecified atom stereocenters. The third-order valence-corrected chi connectivity index (χ3v) is 19.7. The van der Waals surface area contributed by atoms with Crippen LogP contribution in [0.3, 0.4) is 0 Å². The molecule has 4 atom stereocenters. The summed E-state index contributed by atoms with van der Waals surface area (Å²) in [5.74, 6) is -3.90. The average molecular weight is 620 g/mol. The summed E-state index contributed by atoms with van der Waals surface area (Å²) in [6.07, 6.45) is 3.36. The zero-order valence-electron chi connectivity index (χ0n) is 15.3. The van der Waals surface area contributed by atoms with Gasteiger partial charge in [-0.3, -0.25) is 0 Å². The van der Waals surface area contributed by atoms with Crippen LogP contribution in [-0.2, 0) is 15.7 Å². The number of fused-ring (bicyclic) bond motifs is 5. The Bertz CT molecular complexity index is 685. The van der Waals surface area contributed by atoms with Crippen LogP contribution in [0.1, 0.15) is 39.5 Å². The molecule has 1 saturated heterocycles. The van der Waals surface area contributed by atoms with Crippen LogP contribution in [0.15, 0.2) is 10.1 Å². The van der Waals surface area contributed by atoms with Crippen LogP contribution in [0, 0.1) is 11.8 Å². The standard InChI is InChI=1S/C9H4Cl6O4.2C4H9.Sn/c10-3-4(11)8(13)2(6(18)19)1(5(16)17)7(3,12)9(8,14)15;2*1-3-4-2;/h1-2H,(H,16,17)(H,18,19);2*1,3-4H2,2H3;/q;;;+2/p-2.